The van der Waals surface area contributed by atoms with Gasteiger partial charge in [-0.2, -0.15) is 0 Å². The van der Waals surface area contributed by atoms with Crippen molar-refractivity contribution in [3.05, 3.63) is 65.2 Å². The Balaban J connectivity index is 1.35. The summed E-state index contributed by atoms with van der Waals surface area (Å²) in [6, 6.07) is 11.9. The van der Waals surface area contributed by atoms with E-state index in [0.717, 1.165) is 19.3 Å². The Morgan fingerprint density at radius 2 is 1.76 bits per heavy atom. The Morgan fingerprint density at radius 1 is 0.931 bits per heavy atom. The molecule has 1 aliphatic heterocycles. The number of nitrogens with one attached hydrogen (secondary N) is 2. The Labute approximate surface area is 169 Å². The molecule has 2 N–H and O–H groups in total. The van der Waals surface area contributed by atoms with Crippen LogP contribution in [0.25, 0.3) is 0 Å². The van der Waals surface area contributed by atoms with Gasteiger partial charge in [-0.3, -0.25) is 9.59 Å². The van der Waals surface area contributed by atoms with Crippen molar-refractivity contribution >= 4 is 17.5 Å². The van der Waals surface area contributed by atoms with Crippen molar-refractivity contribution in [3.8, 4) is 11.5 Å². The summed E-state index contributed by atoms with van der Waals surface area (Å²) in [4.78, 5) is 25.0. The molecule has 2 amide bonds. The van der Waals surface area contributed by atoms with E-state index in [2.05, 4.69) is 16.7 Å². The molecule has 0 bridgehead atoms. The van der Waals surface area contributed by atoms with Crippen LogP contribution in [0.1, 0.15) is 52.8 Å². The molecule has 0 unspecified atom stereocenters. The van der Waals surface area contributed by atoms with Gasteiger partial charge >= 0.3 is 0 Å². The van der Waals surface area contributed by atoms with Gasteiger partial charge in [0.1, 0.15) is 0 Å². The summed E-state index contributed by atoms with van der Waals surface area (Å²) in [5.41, 5.74) is 2.93. The van der Waals surface area contributed by atoms with Crippen LogP contribution < -0.4 is 20.1 Å². The number of fused-ring (bicyclic) bond motifs is 1. The van der Waals surface area contributed by atoms with Gasteiger partial charge in [0, 0.05) is 29.4 Å². The Morgan fingerprint density at radius 3 is 2.59 bits per heavy atom. The van der Waals surface area contributed by atoms with Crippen LogP contribution in [0.3, 0.4) is 0 Å². The van der Waals surface area contributed by atoms with E-state index in [4.69, 9.17) is 9.47 Å². The summed E-state index contributed by atoms with van der Waals surface area (Å²) in [6.45, 7) is 0.791. The van der Waals surface area contributed by atoms with Crippen molar-refractivity contribution in [2.45, 2.75) is 32.1 Å². The van der Waals surface area contributed by atoms with Crippen molar-refractivity contribution in [3.63, 3.8) is 0 Å². The van der Waals surface area contributed by atoms with Crippen molar-refractivity contribution < 1.29 is 19.1 Å². The molecule has 0 saturated heterocycles. The molecule has 0 aromatic heterocycles. The second-order valence-corrected chi connectivity index (χ2v) is 7.22. The molecule has 2 aliphatic rings. The van der Waals surface area contributed by atoms with Crippen LogP contribution in [-0.4, -0.2) is 25.2 Å². The standard InChI is InChI=1S/C23H24N2O4/c26-22(24-12-11-16-5-2-1-3-6-16)17-7-4-8-18(13-17)23(27)25-19-9-10-20-21(14-19)29-15-28-20/h4-5,7-10,13-14H,1-3,6,11-12,15H2,(H,24,26)(H,25,27). The van der Waals surface area contributed by atoms with E-state index >= 15 is 0 Å². The quantitative estimate of drug-likeness (QED) is 0.719. The number of amides is 2. The van der Waals surface area contributed by atoms with Crippen LogP contribution >= 0.6 is 0 Å². The summed E-state index contributed by atoms with van der Waals surface area (Å²) < 4.78 is 10.6. The lowest BCUT2D eigenvalue weighted by Crippen LogP contribution is -2.25. The zero-order valence-electron chi connectivity index (χ0n) is 16.2. The number of hydrogen-bond donors (Lipinski definition) is 2. The predicted molar refractivity (Wildman–Crippen MR) is 110 cm³/mol. The molecule has 150 valence electrons. The highest BCUT2D eigenvalue weighted by Gasteiger charge is 2.15. The van der Waals surface area contributed by atoms with Crippen molar-refractivity contribution in [1.29, 1.82) is 0 Å². The molecular weight excluding hydrogens is 368 g/mol. The third-order valence-electron chi connectivity index (χ3n) is 5.13. The summed E-state index contributed by atoms with van der Waals surface area (Å²) in [7, 11) is 0. The fourth-order valence-corrected chi connectivity index (χ4v) is 3.55. The van der Waals surface area contributed by atoms with Crippen LogP contribution in [0.5, 0.6) is 11.5 Å². The molecule has 1 aliphatic carbocycles. The van der Waals surface area contributed by atoms with Gasteiger partial charge in [-0.15, -0.1) is 0 Å². The van der Waals surface area contributed by atoms with Crippen LogP contribution in [0, 0.1) is 0 Å². The second-order valence-electron chi connectivity index (χ2n) is 7.22. The van der Waals surface area contributed by atoms with Crippen LogP contribution in [-0.2, 0) is 0 Å². The Hall–Kier alpha value is -3.28. The van der Waals surface area contributed by atoms with E-state index in [-0.39, 0.29) is 18.6 Å². The maximum absolute atomic E-state index is 12.6. The highest BCUT2D eigenvalue weighted by atomic mass is 16.7. The average Bonchev–Trinajstić information content (AvgIpc) is 3.22. The number of allylic oxidation sites excluding steroid dienone is 1. The minimum absolute atomic E-state index is 0.167. The minimum Gasteiger partial charge on any atom is -0.454 e. The lowest BCUT2D eigenvalue weighted by molar-refractivity contribution is 0.0954. The van der Waals surface area contributed by atoms with E-state index in [9.17, 15) is 9.59 Å². The third kappa shape index (κ3) is 4.77. The fourth-order valence-electron chi connectivity index (χ4n) is 3.55. The maximum atomic E-state index is 12.6. The van der Waals surface area contributed by atoms with Gasteiger partial charge in [0.2, 0.25) is 6.79 Å². The number of benzene rings is 2. The maximum Gasteiger partial charge on any atom is 0.255 e. The van der Waals surface area contributed by atoms with Gasteiger partial charge in [-0.25, -0.2) is 0 Å². The molecule has 0 radical (unpaired) electrons. The number of rotatable bonds is 6. The summed E-state index contributed by atoms with van der Waals surface area (Å²) in [5.74, 6) is 0.805. The van der Waals surface area contributed by atoms with Crippen molar-refractivity contribution in [1.82, 2.24) is 5.32 Å². The molecule has 6 heteroatoms. The highest BCUT2D eigenvalue weighted by molar-refractivity contribution is 6.06. The van der Waals surface area contributed by atoms with Gasteiger partial charge in [0.05, 0.1) is 0 Å². The molecule has 0 saturated carbocycles. The molecule has 29 heavy (non-hydrogen) atoms. The molecule has 2 aromatic rings. The van der Waals surface area contributed by atoms with E-state index in [1.807, 2.05) is 0 Å². The first kappa shape index (κ1) is 19.1. The first-order valence-electron chi connectivity index (χ1n) is 9.96. The fraction of sp³-hybridized carbons (Fsp3) is 0.304. The largest absolute Gasteiger partial charge is 0.454 e. The second kappa shape index (κ2) is 8.82. The normalized spacial score (nSPS) is 14.8. The highest BCUT2D eigenvalue weighted by Crippen LogP contribution is 2.34. The number of carbonyl (C=O) groups is 2. The number of ether oxygens (including phenoxy) is 2. The van der Waals surface area contributed by atoms with Gasteiger partial charge in [0.25, 0.3) is 11.8 Å². The summed E-state index contributed by atoms with van der Waals surface area (Å²) in [6.07, 6.45) is 7.94. The third-order valence-corrected chi connectivity index (χ3v) is 5.13. The predicted octanol–water partition coefficient (Wildman–Crippen LogP) is 4.29. The lowest BCUT2D eigenvalue weighted by Gasteiger charge is -2.13. The SMILES string of the molecule is O=C(NCCC1=CCCCC1)c1cccc(C(=O)Nc2ccc3c(c2)OCO3)c1. The van der Waals surface area contributed by atoms with E-state index < -0.39 is 0 Å². The first-order chi connectivity index (χ1) is 14.2. The average molecular weight is 392 g/mol. The van der Waals surface area contributed by atoms with E-state index in [1.165, 1.54) is 18.4 Å². The van der Waals surface area contributed by atoms with Gasteiger partial charge < -0.3 is 20.1 Å². The number of hydrogen-bond acceptors (Lipinski definition) is 4. The van der Waals surface area contributed by atoms with Crippen molar-refractivity contribution in [2.75, 3.05) is 18.7 Å². The van der Waals surface area contributed by atoms with E-state index in [0.29, 0.717) is 34.9 Å². The minimum atomic E-state index is -0.286. The van der Waals surface area contributed by atoms with Gasteiger partial charge in [0.15, 0.2) is 11.5 Å². The lowest BCUT2D eigenvalue weighted by atomic mass is 9.97. The molecule has 2 aromatic carbocycles. The zero-order chi connectivity index (χ0) is 20.1. The topological polar surface area (TPSA) is 76.7 Å². The molecule has 0 atom stereocenters. The first-order valence-corrected chi connectivity index (χ1v) is 9.96. The van der Waals surface area contributed by atoms with Gasteiger partial charge in [-0.05, 0) is 62.4 Å². The van der Waals surface area contributed by atoms with E-state index in [1.54, 1.807) is 42.5 Å². The molecule has 1 heterocycles. The molecule has 4 rings (SSSR count). The van der Waals surface area contributed by atoms with Crippen molar-refractivity contribution in [2.24, 2.45) is 0 Å². The van der Waals surface area contributed by atoms with Crippen LogP contribution in [0.15, 0.2) is 54.1 Å². The van der Waals surface area contributed by atoms with Crippen LogP contribution in [0.4, 0.5) is 5.69 Å². The number of carbonyl (C=O) groups excluding carboxylic acids is 2. The van der Waals surface area contributed by atoms with Crippen LogP contribution in [0.2, 0.25) is 0 Å². The zero-order valence-corrected chi connectivity index (χ0v) is 16.2. The van der Waals surface area contributed by atoms with Gasteiger partial charge in [-0.1, -0.05) is 17.7 Å². The Kier molecular flexibility index (Phi) is 5.79. The molecule has 0 spiro atoms. The molecule has 6 nitrogen and oxygen atoms in total. The molecule has 0 fully saturated rings. The molecular formula is C23H24N2O4. The smallest absolute Gasteiger partial charge is 0.255 e. The summed E-state index contributed by atoms with van der Waals surface area (Å²) >= 11 is 0. The number of anilines is 1. The Bertz CT molecular complexity index is 952. The monoisotopic (exact) mass is 392 g/mol. The summed E-state index contributed by atoms with van der Waals surface area (Å²) in [5, 5.41) is 5.78.